The fourth-order valence-electron chi connectivity index (χ4n) is 3.27. The zero-order chi connectivity index (χ0) is 19.4. The molecule has 0 bridgehead atoms. The molecule has 0 aliphatic carbocycles. The van der Waals surface area contributed by atoms with Crippen LogP contribution in [0.5, 0.6) is 5.75 Å². The summed E-state index contributed by atoms with van der Waals surface area (Å²) in [5, 5.41) is 2.97. The van der Waals surface area contributed by atoms with Crippen LogP contribution in [0.15, 0.2) is 36.4 Å². The van der Waals surface area contributed by atoms with E-state index in [9.17, 15) is 9.59 Å². The van der Waals surface area contributed by atoms with E-state index in [1.807, 2.05) is 44.2 Å². The van der Waals surface area contributed by atoms with Gasteiger partial charge in [-0.15, -0.1) is 0 Å². The molecule has 0 atom stereocenters. The second-order valence-corrected chi connectivity index (χ2v) is 6.77. The van der Waals surface area contributed by atoms with Crippen molar-refractivity contribution in [1.82, 2.24) is 0 Å². The van der Waals surface area contributed by atoms with Crippen LogP contribution >= 0.6 is 0 Å². The number of aryl methyl sites for hydroxylation is 1. The Hall–Kier alpha value is -2.82. The van der Waals surface area contributed by atoms with Gasteiger partial charge in [-0.25, -0.2) is 0 Å². The summed E-state index contributed by atoms with van der Waals surface area (Å²) in [6, 6.07) is 11.2. The van der Waals surface area contributed by atoms with Crippen LogP contribution in [-0.2, 0) is 11.2 Å². The Morgan fingerprint density at radius 3 is 2.67 bits per heavy atom. The minimum atomic E-state index is -0.150. The van der Waals surface area contributed by atoms with Gasteiger partial charge in [-0.2, -0.15) is 0 Å². The summed E-state index contributed by atoms with van der Waals surface area (Å²) in [7, 11) is 0. The first-order valence-electron chi connectivity index (χ1n) is 9.51. The van der Waals surface area contributed by atoms with Gasteiger partial charge in [-0.1, -0.05) is 13.8 Å². The number of nitrogens with one attached hydrogen (secondary N) is 1. The van der Waals surface area contributed by atoms with Gasteiger partial charge >= 0.3 is 0 Å². The number of amides is 2. The molecule has 1 N–H and O–H groups in total. The average Bonchev–Trinajstić information content (AvgIpc) is 3.10. The van der Waals surface area contributed by atoms with E-state index in [0.29, 0.717) is 25.1 Å². The first-order valence-corrected chi connectivity index (χ1v) is 9.51. The van der Waals surface area contributed by atoms with Crippen molar-refractivity contribution >= 4 is 23.2 Å². The Balaban J connectivity index is 1.73. The smallest absolute Gasteiger partial charge is 0.255 e. The zero-order valence-corrected chi connectivity index (χ0v) is 16.2. The number of rotatable bonds is 6. The standard InChI is InChI=1S/C22H26N2O3/c1-4-12-27-18-7-8-19(15(3)13-18)23-22(26)17-6-9-20-16(14-17)10-11-24(20)21(25)5-2/h6-9,13-14H,4-5,10-12H2,1-3H3,(H,23,26). The van der Waals surface area contributed by atoms with Crippen LogP contribution in [-0.4, -0.2) is 25.0 Å². The molecule has 1 aliphatic rings. The summed E-state index contributed by atoms with van der Waals surface area (Å²) in [5.41, 5.74) is 4.30. The fraction of sp³-hybridized carbons (Fsp3) is 0.364. The number of ether oxygens (including phenoxy) is 1. The second kappa shape index (κ2) is 8.25. The lowest BCUT2D eigenvalue weighted by atomic mass is 10.1. The van der Waals surface area contributed by atoms with Gasteiger partial charge in [0.2, 0.25) is 5.91 Å². The lowest BCUT2D eigenvalue weighted by Gasteiger charge is -2.16. The number of carbonyl (C=O) groups is 2. The van der Waals surface area contributed by atoms with Crippen molar-refractivity contribution in [1.29, 1.82) is 0 Å². The quantitative estimate of drug-likeness (QED) is 0.827. The maximum absolute atomic E-state index is 12.7. The molecule has 0 aromatic heterocycles. The van der Waals surface area contributed by atoms with E-state index in [0.717, 1.165) is 41.1 Å². The van der Waals surface area contributed by atoms with Crippen LogP contribution in [0.3, 0.4) is 0 Å². The van der Waals surface area contributed by atoms with Gasteiger partial charge in [-0.3, -0.25) is 9.59 Å². The number of hydrogen-bond donors (Lipinski definition) is 1. The number of anilines is 2. The predicted octanol–water partition coefficient (Wildman–Crippen LogP) is 4.34. The van der Waals surface area contributed by atoms with Crippen molar-refractivity contribution < 1.29 is 14.3 Å². The van der Waals surface area contributed by atoms with Crippen molar-refractivity contribution in [3.63, 3.8) is 0 Å². The summed E-state index contributed by atoms with van der Waals surface area (Å²) >= 11 is 0. The Kier molecular flexibility index (Phi) is 5.79. The van der Waals surface area contributed by atoms with E-state index in [1.54, 1.807) is 11.0 Å². The van der Waals surface area contributed by atoms with Gasteiger partial charge in [0.15, 0.2) is 0 Å². The molecule has 1 aliphatic heterocycles. The first kappa shape index (κ1) is 19.0. The fourth-order valence-corrected chi connectivity index (χ4v) is 3.27. The van der Waals surface area contributed by atoms with E-state index in [4.69, 9.17) is 4.74 Å². The molecule has 1 heterocycles. The molecule has 2 aromatic rings. The largest absolute Gasteiger partial charge is 0.494 e. The highest BCUT2D eigenvalue weighted by molar-refractivity contribution is 6.05. The van der Waals surface area contributed by atoms with Crippen molar-refractivity contribution in [3.05, 3.63) is 53.1 Å². The van der Waals surface area contributed by atoms with Gasteiger partial charge in [-0.05, 0) is 67.3 Å². The molecular formula is C22H26N2O3. The van der Waals surface area contributed by atoms with E-state index in [-0.39, 0.29) is 11.8 Å². The monoisotopic (exact) mass is 366 g/mol. The maximum Gasteiger partial charge on any atom is 0.255 e. The molecule has 27 heavy (non-hydrogen) atoms. The molecule has 0 saturated heterocycles. The Bertz CT molecular complexity index is 861. The van der Waals surface area contributed by atoms with Crippen LogP contribution < -0.4 is 15.0 Å². The first-order chi connectivity index (χ1) is 13.0. The van der Waals surface area contributed by atoms with Crippen LogP contribution in [0.2, 0.25) is 0 Å². The summed E-state index contributed by atoms with van der Waals surface area (Å²) in [6.45, 7) is 7.24. The SMILES string of the molecule is CCCOc1ccc(NC(=O)c2ccc3c(c2)CCN3C(=O)CC)c(C)c1. The van der Waals surface area contributed by atoms with E-state index in [1.165, 1.54) is 0 Å². The molecule has 5 heteroatoms. The van der Waals surface area contributed by atoms with Crippen molar-refractivity contribution in [2.75, 3.05) is 23.4 Å². The number of hydrogen-bond acceptors (Lipinski definition) is 3. The molecule has 142 valence electrons. The van der Waals surface area contributed by atoms with Crippen molar-refractivity contribution in [2.45, 2.75) is 40.0 Å². The summed E-state index contributed by atoms with van der Waals surface area (Å²) in [6.07, 6.45) is 2.22. The number of nitrogens with zero attached hydrogens (tertiary/aromatic N) is 1. The van der Waals surface area contributed by atoms with E-state index in [2.05, 4.69) is 12.2 Å². The molecule has 0 spiro atoms. The summed E-state index contributed by atoms with van der Waals surface area (Å²) < 4.78 is 5.62. The molecule has 3 rings (SSSR count). The van der Waals surface area contributed by atoms with Crippen LogP contribution in [0.4, 0.5) is 11.4 Å². The second-order valence-electron chi connectivity index (χ2n) is 6.77. The molecule has 2 aromatic carbocycles. The molecule has 5 nitrogen and oxygen atoms in total. The summed E-state index contributed by atoms with van der Waals surface area (Å²) in [4.78, 5) is 26.5. The molecular weight excluding hydrogens is 340 g/mol. The summed E-state index contributed by atoms with van der Waals surface area (Å²) in [5.74, 6) is 0.779. The predicted molar refractivity (Wildman–Crippen MR) is 108 cm³/mol. The number of fused-ring (bicyclic) bond motifs is 1. The minimum absolute atomic E-state index is 0.118. The lowest BCUT2D eigenvalue weighted by molar-refractivity contribution is -0.118. The third-order valence-electron chi connectivity index (χ3n) is 4.76. The number of carbonyl (C=O) groups excluding carboxylic acids is 2. The van der Waals surface area contributed by atoms with Gasteiger partial charge < -0.3 is 15.0 Å². The average molecular weight is 366 g/mol. The van der Waals surface area contributed by atoms with Crippen molar-refractivity contribution in [3.8, 4) is 5.75 Å². The third-order valence-corrected chi connectivity index (χ3v) is 4.76. The molecule has 0 unspecified atom stereocenters. The highest BCUT2D eigenvalue weighted by Gasteiger charge is 2.24. The lowest BCUT2D eigenvalue weighted by Crippen LogP contribution is -2.27. The zero-order valence-electron chi connectivity index (χ0n) is 16.2. The van der Waals surface area contributed by atoms with E-state index < -0.39 is 0 Å². The van der Waals surface area contributed by atoms with Gasteiger partial charge in [0.25, 0.3) is 5.91 Å². The van der Waals surface area contributed by atoms with Gasteiger partial charge in [0.1, 0.15) is 5.75 Å². The highest BCUT2D eigenvalue weighted by atomic mass is 16.5. The van der Waals surface area contributed by atoms with Crippen molar-refractivity contribution in [2.24, 2.45) is 0 Å². The van der Waals surface area contributed by atoms with Gasteiger partial charge in [0.05, 0.1) is 6.61 Å². The third kappa shape index (κ3) is 4.13. The van der Waals surface area contributed by atoms with Gasteiger partial charge in [0, 0.05) is 29.9 Å². The van der Waals surface area contributed by atoms with Crippen LogP contribution in [0, 0.1) is 6.92 Å². The molecule has 0 radical (unpaired) electrons. The highest BCUT2D eigenvalue weighted by Crippen LogP contribution is 2.30. The Morgan fingerprint density at radius 1 is 1.15 bits per heavy atom. The molecule has 0 saturated carbocycles. The molecule has 2 amide bonds. The maximum atomic E-state index is 12.7. The van der Waals surface area contributed by atoms with Crippen LogP contribution in [0.25, 0.3) is 0 Å². The van der Waals surface area contributed by atoms with E-state index >= 15 is 0 Å². The normalized spacial score (nSPS) is 12.6. The Morgan fingerprint density at radius 2 is 1.96 bits per heavy atom. The van der Waals surface area contributed by atoms with Crippen LogP contribution in [0.1, 0.15) is 48.2 Å². The Labute approximate surface area is 160 Å². The number of benzene rings is 2. The topological polar surface area (TPSA) is 58.6 Å². The minimum Gasteiger partial charge on any atom is -0.494 e. The molecule has 0 fully saturated rings.